The van der Waals surface area contributed by atoms with E-state index >= 15 is 0 Å². The lowest BCUT2D eigenvalue weighted by molar-refractivity contribution is 0.447. The highest BCUT2D eigenvalue weighted by Gasteiger charge is 2.24. The SMILES string of the molecule is C=C/C=C\c1c(C)c(-c2cccc3c2sc2cc(-c4c5ccccc5c(C5CCCCC5)c5ccccc45)ccc23)c2ccccc2c1-c1ccccc1. The van der Waals surface area contributed by atoms with E-state index in [2.05, 4.69) is 165 Å². The molecule has 0 N–H and O–H groups in total. The first-order valence-corrected chi connectivity index (χ1v) is 20.3. The van der Waals surface area contributed by atoms with Crippen LogP contribution in [0.25, 0.3) is 91.9 Å². The third-order valence-electron chi connectivity index (χ3n) is 12.0. The molecular weight excluding hydrogens is 669 g/mol. The molecule has 1 aromatic heterocycles. The van der Waals surface area contributed by atoms with Gasteiger partial charge in [0.2, 0.25) is 0 Å². The number of thiophene rings is 1. The van der Waals surface area contributed by atoms with E-state index in [4.69, 9.17) is 0 Å². The Labute approximate surface area is 321 Å². The molecule has 0 amide bonds. The minimum atomic E-state index is 0.625. The maximum absolute atomic E-state index is 4.02. The quantitative estimate of drug-likeness (QED) is 0.119. The normalized spacial score (nSPS) is 13.9. The van der Waals surface area contributed by atoms with Gasteiger partial charge in [-0.15, -0.1) is 11.3 Å². The van der Waals surface area contributed by atoms with Gasteiger partial charge in [-0.3, -0.25) is 0 Å². The van der Waals surface area contributed by atoms with Crippen LogP contribution in [0.2, 0.25) is 0 Å². The van der Waals surface area contributed by atoms with Gasteiger partial charge in [0.15, 0.2) is 0 Å². The maximum atomic E-state index is 4.02. The van der Waals surface area contributed by atoms with Crippen LogP contribution in [-0.4, -0.2) is 0 Å². The maximum Gasteiger partial charge on any atom is 0.0434 e. The summed E-state index contributed by atoms with van der Waals surface area (Å²) in [4.78, 5) is 0. The van der Waals surface area contributed by atoms with Crippen LogP contribution in [0.5, 0.6) is 0 Å². The van der Waals surface area contributed by atoms with Crippen LogP contribution in [0.15, 0.2) is 158 Å². The van der Waals surface area contributed by atoms with E-state index in [1.54, 1.807) is 5.56 Å². The van der Waals surface area contributed by atoms with Crippen molar-refractivity contribution in [3.63, 3.8) is 0 Å². The van der Waals surface area contributed by atoms with Crippen molar-refractivity contribution in [3.8, 4) is 33.4 Å². The van der Waals surface area contributed by atoms with E-state index in [0.717, 1.165) is 0 Å². The zero-order valence-electron chi connectivity index (χ0n) is 30.7. The first-order chi connectivity index (χ1) is 26.7. The molecule has 0 bridgehead atoms. The zero-order chi connectivity index (χ0) is 36.2. The summed E-state index contributed by atoms with van der Waals surface area (Å²) in [7, 11) is 0. The van der Waals surface area contributed by atoms with Crippen molar-refractivity contribution >= 4 is 69.9 Å². The van der Waals surface area contributed by atoms with Crippen LogP contribution >= 0.6 is 11.3 Å². The van der Waals surface area contributed by atoms with Gasteiger partial charge in [-0.1, -0.05) is 178 Å². The third-order valence-corrected chi connectivity index (χ3v) is 13.2. The molecule has 1 aliphatic carbocycles. The second-order valence-electron chi connectivity index (χ2n) is 15.0. The summed E-state index contributed by atoms with van der Waals surface area (Å²) in [6.07, 6.45) is 12.8. The lowest BCUT2D eigenvalue weighted by atomic mass is 9.78. The Morgan fingerprint density at radius 1 is 0.537 bits per heavy atom. The van der Waals surface area contributed by atoms with Gasteiger partial charge in [-0.2, -0.15) is 0 Å². The van der Waals surface area contributed by atoms with Gasteiger partial charge < -0.3 is 0 Å². The van der Waals surface area contributed by atoms with Crippen LogP contribution in [0.4, 0.5) is 0 Å². The summed E-state index contributed by atoms with van der Waals surface area (Å²) in [6.45, 7) is 6.32. The van der Waals surface area contributed by atoms with Crippen LogP contribution in [0.3, 0.4) is 0 Å². The standard InChI is InChI=1S/C53H42S/c1-3-4-22-38-34(2)49(40-23-11-12-24-41(40)50(38)35-18-7-5-8-19-35)47-30-17-29-46-39-32-31-37(33-48(39)54-53(46)47)52-44-27-15-13-25-42(44)51(36-20-9-6-10-21-36)43-26-14-16-28-45(43)52/h3-5,7-8,11-19,22-33,36H,1,6,9-10,20-21H2,2H3/b22-4-. The monoisotopic (exact) mass is 710 g/mol. The fourth-order valence-electron chi connectivity index (χ4n) is 9.68. The molecule has 0 atom stereocenters. The van der Waals surface area contributed by atoms with Crippen molar-refractivity contribution in [2.24, 2.45) is 0 Å². The summed E-state index contributed by atoms with van der Waals surface area (Å²) in [6, 6.07) is 52.3. The molecule has 10 rings (SSSR count). The molecule has 8 aromatic carbocycles. The Balaban J connectivity index is 1.21. The highest BCUT2D eigenvalue weighted by atomic mass is 32.1. The summed E-state index contributed by atoms with van der Waals surface area (Å²) in [5.74, 6) is 0.625. The first-order valence-electron chi connectivity index (χ1n) is 19.5. The molecule has 260 valence electrons. The van der Waals surface area contributed by atoms with Gasteiger partial charge in [-0.05, 0) is 109 Å². The molecule has 54 heavy (non-hydrogen) atoms. The first kappa shape index (κ1) is 32.9. The van der Waals surface area contributed by atoms with Crippen LogP contribution in [0.1, 0.15) is 54.7 Å². The molecule has 1 heterocycles. The van der Waals surface area contributed by atoms with Crippen LogP contribution in [0, 0.1) is 6.92 Å². The molecule has 1 saturated carbocycles. The molecule has 0 spiro atoms. The van der Waals surface area contributed by atoms with Gasteiger partial charge in [0.05, 0.1) is 0 Å². The van der Waals surface area contributed by atoms with Crippen molar-refractivity contribution in [1.29, 1.82) is 0 Å². The summed E-state index contributed by atoms with van der Waals surface area (Å²) in [5, 5.41) is 10.8. The van der Waals surface area contributed by atoms with Crippen molar-refractivity contribution in [3.05, 3.63) is 175 Å². The Hall–Kier alpha value is -5.76. The second-order valence-corrected chi connectivity index (χ2v) is 16.1. The number of benzene rings is 8. The molecule has 9 aromatic rings. The molecule has 0 nitrogen and oxygen atoms in total. The Morgan fingerprint density at radius 3 is 1.80 bits per heavy atom. The Kier molecular flexibility index (Phi) is 8.26. The Morgan fingerprint density at radius 2 is 1.13 bits per heavy atom. The average Bonchev–Trinajstić information content (AvgIpc) is 3.61. The molecule has 1 heteroatoms. The number of hydrogen-bond acceptors (Lipinski definition) is 1. The fourth-order valence-corrected chi connectivity index (χ4v) is 10.9. The van der Waals surface area contributed by atoms with Gasteiger partial charge in [-0.25, -0.2) is 0 Å². The molecule has 0 unspecified atom stereocenters. The van der Waals surface area contributed by atoms with Crippen molar-refractivity contribution in [2.75, 3.05) is 0 Å². The van der Waals surface area contributed by atoms with E-state index in [9.17, 15) is 0 Å². The summed E-state index contributed by atoms with van der Waals surface area (Å²) >= 11 is 1.94. The second kappa shape index (κ2) is 13.6. The van der Waals surface area contributed by atoms with Crippen molar-refractivity contribution in [2.45, 2.75) is 44.9 Å². The van der Waals surface area contributed by atoms with Crippen molar-refractivity contribution in [1.82, 2.24) is 0 Å². The molecule has 0 radical (unpaired) electrons. The van der Waals surface area contributed by atoms with E-state index < -0.39 is 0 Å². The highest BCUT2D eigenvalue weighted by molar-refractivity contribution is 7.26. The minimum Gasteiger partial charge on any atom is -0.135 e. The lowest BCUT2D eigenvalue weighted by Gasteiger charge is -2.26. The van der Waals surface area contributed by atoms with Gasteiger partial charge in [0.1, 0.15) is 0 Å². The number of rotatable bonds is 6. The molecule has 0 aliphatic heterocycles. The number of hydrogen-bond donors (Lipinski definition) is 0. The predicted molar refractivity (Wildman–Crippen MR) is 238 cm³/mol. The zero-order valence-corrected chi connectivity index (χ0v) is 31.6. The van der Waals surface area contributed by atoms with Crippen LogP contribution in [-0.2, 0) is 0 Å². The fraction of sp³-hybridized carbons (Fsp3) is 0.132. The lowest BCUT2D eigenvalue weighted by Crippen LogP contribution is -2.06. The van der Waals surface area contributed by atoms with Crippen molar-refractivity contribution < 1.29 is 0 Å². The van der Waals surface area contributed by atoms with E-state index in [-0.39, 0.29) is 0 Å². The van der Waals surface area contributed by atoms with Crippen LogP contribution < -0.4 is 0 Å². The predicted octanol–water partition coefficient (Wildman–Crippen LogP) is 16.1. The summed E-state index contributed by atoms with van der Waals surface area (Å²) < 4.78 is 2.67. The van der Waals surface area contributed by atoms with Gasteiger partial charge in [0.25, 0.3) is 0 Å². The topological polar surface area (TPSA) is 0 Å². The van der Waals surface area contributed by atoms with Gasteiger partial charge >= 0.3 is 0 Å². The summed E-state index contributed by atoms with van der Waals surface area (Å²) in [5.41, 5.74) is 11.9. The third kappa shape index (κ3) is 5.25. The molecule has 1 fully saturated rings. The smallest absolute Gasteiger partial charge is 0.0434 e. The minimum absolute atomic E-state index is 0.625. The number of allylic oxidation sites excluding steroid dienone is 2. The molecule has 1 aliphatic rings. The number of fused-ring (bicyclic) bond motifs is 6. The average molecular weight is 711 g/mol. The largest absolute Gasteiger partial charge is 0.135 e. The Bertz CT molecular complexity index is 2880. The van der Waals surface area contributed by atoms with E-state index in [0.29, 0.717) is 5.92 Å². The van der Waals surface area contributed by atoms with E-state index in [1.807, 2.05) is 17.4 Å². The van der Waals surface area contributed by atoms with E-state index in [1.165, 1.54) is 129 Å². The molecule has 0 saturated heterocycles. The van der Waals surface area contributed by atoms with Gasteiger partial charge in [0, 0.05) is 25.7 Å². The molecular formula is C53H42S. The highest BCUT2D eigenvalue weighted by Crippen LogP contribution is 2.49.